The first-order valence-corrected chi connectivity index (χ1v) is 8.14. The number of nitrogens with zero attached hydrogens (tertiary/aromatic N) is 2. The summed E-state index contributed by atoms with van der Waals surface area (Å²) < 4.78 is 18.3. The van der Waals surface area contributed by atoms with Crippen LogP contribution >= 0.6 is 24.0 Å². The molecule has 27 heavy (non-hydrogen) atoms. The van der Waals surface area contributed by atoms with E-state index in [0.717, 1.165) is 11.1 Å². The van der Waals surface area contributed by atoms with Crippen molar-refractivity contribution >= 4 is 35.8 Å². The van der Waals surface area contributed by atoms with Crippen molar-refractivity contribution in [3.8, 4) is 5.75 Å². The van der Waals surface area contributed by atoms with E-state index >= 15 is 0 Å². The van der Waals surface area contributed by atoms with Gasteiger partial charge in [0.1, 0.15) is 11.6 Å². The third-order valence-corrected chi connectivity index (χ3v) is 3.64. The van der Waals surface area contributed by atoms with Gasteiger partial charge < -0.3 is 20.7 Å². The Hall–Kier alpha value is -2.36. The van der Waals surface area contributed by atoms with Gasteiger partial charge in [0.25, 0.3) is 5.91 Å². The molecule has 0 fully saturated rings. The number of amides is 1. The second-order valence-electron chi connectivity index (χ2n) is 5.79. The predicted molar refractivity (Wildman–Crippen MR) is 115 cm³/mol. The van der Waals surface area contributed by atoms with Crippen LogP contribution in [0.4, 0.5) is 4.39 Å². The SMILES string of the molecule is CN=C(NCc1cccc(OCC(N)=O)c1)N(C)Cc1ccc(F)cc1.I. The molecular formula is C19H24FIN4O2. The van der Waals surface area contributed by atoms with Crippen LogP contribution in [0.5, 0.6) is 5.75 Å². The van der Waals surface area contributed by atoms with E-state index in [0.29, 0.717) is 24.8 Å². The lowest BCUT2D eigenvalue weighted by atomic mass is 10.2. The van der Waals surface area contributed by atoms with Crippen molar-refractivity contribution in [1.82, 2.24) is 10.2 Å². The minimum atomic E-state index is -0.517. The van der Waals surface area contributed by atoms with Gasteiger partial charge in [-0.15, -0.1) is 24.0 Å². The smallest absolute Gasteiger partial charge is 0.255 e. The summed E-state index contributed by atoms with van der Waals surface area (Å²) in [5, 5.41) is 3.26. The lowest BCUT2D eigenvalue weighted by molar-refractivity contribution is -0.119. The average Bonchev–Trinajstić information content (AvgIpc) is 2.63. The van der Waals surface area contributed by atoms with E-state index in [4.69, 9.17) is 10.5 Å². The summed E-state index contributed by atoms with van der Waals surface area (Å²) in [5.74, 6) is 0.518. The molecule has 0 aliphatic rings. The molecule has 0 aliphatic carbocycles. The summed E-state index contributed by atoms with van der Waals surface area (Å²) in [6.45, 7) is 0.981. The summed E-state index contributed by atoms with van der Waals surface area (Å²) >= 11 is 0. The van der Waals surface area contributed by atoms with Crippen molar-refractivity contribution in [3.63, 3.8) is 0 Å². The number of carbonyl (C=O) groups excluding carboxylic acids is 1. The van der Waals surface area contributed by atoms with Gasteiger partial charge in [-0.25, -0.2) is 4.39 Å². The van der Waals surface area contributed by atoms with Crippen LogP contribution in [-0.4, -0.2) is 37.5 Å². The monoisotopic (exact) mass is 486 g/mol. The fourth-order valence-corrected chi connectivity index (χ4v) is 2.40. The van der Waals surface area contributed by atoms with Crippen LogP contribution in [0.3, 0.4) is 0 Å². The number of nitrogens with two attached hydrogens (primary N) is 1. The molecule has 0 saturated heterocycles. The summed E-state index contributed by atoms with van der Waals surface area (Å²) in [6.07, 6.45) is 0. The maximum atomic E-state index is 13.0. The lowest BCUT2D eigenvalue weighted by Crippen LogP contribution is -2.38. The van der Waals surface area contributed by atoms with Gasteiger partial charge in [0.05, 0.1) is 0 Å². The number of benzene rings is 2. The Morgan fingerprint density at radius 1 is 1.22 bits per heavy atom. The van der Waals surface area contributed by atoms with Crippen LogP contribution in [0, 0.1) is 5.82 Å². The van der Waals surface area contributed by atoms with E-state index in [1.54, 1.807) is 25.2 Å². The molecule has 0 bridgehead atoms. The topological polar surface area (TPSA) is 80.0 Å². The van der Waals surface area contributed by atoms with Gasteiger partial charge >= 0.3 is 0 Å². The molecule has 0 aromatic heterocycles. The molecule has 146 valence electrons. The second kappa shape index (κ2) is 11.4. The van der Waals surface area contributed by atoms with Crippen LogP contribution in [0.15, 0.2) is 53.5 Å². The highest BCUT2D eigenvalue weighted by molar-refractivity contribution is 14.0. The fraction of sp³-hybridized carbons (Fsp3) is 0.263. The highest BCUT2D eigenvalue weighted by Crippen LogP contribution is 2.13. The van der Waals surface area contributed by atoms with Gasteiger partial charge in [-0.2, -0.15) is 0 Å². The van der Waals surface area contributed by atoms with Crippen molar-refractivity contribution < 1.29 is 13.9 Å². The standard InChI is InChI=1S/C19H23FN4O2.HI/c1-22-19(24(2)12-14-6-8-16(20)9-7-14)23-11-15-4-3-5-17(10-15)26-13-18(21)25;/h3-10H,11-13H2,1-2H3,(H2,21,25)(H,22,23);1H. The van der Waals surface area contributed by atoms with Gasteiger partial charge in [0, 0.05) is 27.2 Å². The number of carbonyl (C=O) groups is 1. The van der Waals surface area contributed by atoms with E-state index in [9.17, 15) is 9.18 Å². The minimum Gasteiger partial charge on any atom is -0.484 e. The molecule has 2 aromatic rings. The summed E-state index contributed by atoms with van der Waals surface area (Å²) in [4.78, 5) is 17.0. The molecule has 0 radical (unpaired) electrons. The second-order valence-corrected chi connectivity index (χ2v) is 5.79. The van der Waals surface area contributed by atoms with Crippen LogP contribution in [0.25, 0.3) is 0 Å². The van der Waals surface area contributed by atoms with Gasteiger partial charge in [-0.05, 0) is 35.4 Å². The Labute approximate surface area is 175 Å². The summed E-state index contributed by atoms with van der Waals surface area (Å²) in [5.41, 5.74) is 7.04. The van der Waals surface area contributed by atoms with E-state index in [1.807, 2.05) is 30.1 Å². The normalized spacial score (nSPS) is 10.7. The van der Waals surface area contributed by atoms with Crippen molar-refractivity contribution in [2.45, 2.75) is 13.1 Å². The fourth-order valence-electron chi connectivity index (χ4n) is 2.40. The largest absolute Gasteiger partial charge is 0.484 e. The minimum absolute atomic E-state index is 0. The first-order valence-electron chi connectivity index (χ1n) is 8.14. The number of aliphatic imine (C=N–C) groups is 1. The van der Waals surface area contributed by atoms with E-state index in [1.165, 1.54) is 12.1 Å². The quantitative estimate of drug-likeness (QED) is 0.358. The number of primary amides is 1. The Kier molecular flexibility index (Phi) is 9.55. The van der Waals surface area contributed by atoms with Crippen molar-refractivity contribution in [2.75, 3.05) is 20.7 Å². The molecule has 8 heteroatoms. The average molecular weight is 486 g/mol. The highest BCUT2D eigenvalue weighted by Gasteiger charge is 2.07. The van der Waals surface area contributed by atoms with Crippen molar-refractivity contribution in [2.24, 2.45) is 10.7 Å². The number of guanidine groups is 1. The number of rotatable bonds is 7. The first kappa shape index (κ1) is 22.7. The molecule has 0 heterocycles. The number of hydrogen-bond acceptors (Lipinski definition) is 3. The molecule has 6 nitrogen and oxygen atoms in total. The zero-order chi connectivity index (χ0) is 18.9. The molecule has 0 unspecified atom stereocenters. The molecule has 0 atom stereocenters. The van der Waals surface area contributed by atoms with E-state index in [-0.39, 0.29) is 36.4 Å². The summed E-state index contributed by atoms with van der Waals surface area (Å²) in [6, 6.07) is 13.8. The van der Waals surface area contributed by atoms with Crippen LogP contribution < -0.4 is 15.8 Å². The summed E-state index contributed by atoms with van der Waals surface area (Å²) in [7, 11) is 3.61. The molecule has 2 rings (SSSR count). The van der Waals surface area contributed by atoms with Gasteiger partial charge in [0.2, 0.25) is 0 Å². The van der Waals surface area contributed by atoms with Gasteiger partial charge in [-0.1, -0.05) is 24.3 Å². The molecule has 0 saturated carbocycles. The van der Waals surface area contributed by atoms with E-state index in [2.05, 4.69) is 10.3 Å². The maximum absolute atomic E-state index is 13.0. The number of nitrogens with one attached hydrogen (secondary N) is 1. The Morgan fingerprint density at radius 2 is 1.93 bits per heavy atom. The predicted octanol–water partition coefficient (Wildman–Crippen LogP) is 2.52. The van der Waals surface area contributed by atoms with Crippen LogP contribution in [0.1, 0.15) is 11.1 Å². The molecule has 3 N–H and O–H groups in total. The Morgan fingerprint density at radius 3 is 2.56 bits per heavy atom. The van der Waals surface area contributed by atoms with Crippen molar-refractivity contribution in [3.05, 3.63) is 65.5 Å². The lowest BCUT2D eigenvalue weighted by Gasteiger charge is -2.22. The Bertz CT molecular complexity index is 769. The molecule has 0 spiro atoms. The molecular weight excluding hydrogens is 462 g/mol. The van der Waals surface area contributed by atoms with E-state index < -0.39 is 5.91 Å². The maximum Gasteiger partial charge on any atom is 0.255 e. The number of ether oxygens (including phenoxy) is 1. The van der Waals surface area contributed by atoms with Crippen LogP contribution in [-0.2, 0) is 17.9 Å². The molecule has 2 aromatic carbocycles. The number of halogens is 2. The Balaban J connectivity index is 0.00000364. The number of hydrogen-bond donors (Lipinski definition) is 2. The third-order valence-electron chi connectivity index (χ3n) is 3.64. The molecule has 1 amide bonds. The molecule has 0 aliphatic heterocycles. The third kappa shape index (κ3) is 7.81. The highest BCUT2D eigenvalue weighted by atomic mass is 127. The zero-order valence-corrected chi connectivity index (χ0v) is 17.6. The van der Waals surface area contributed by atoms with Gasteiger partial charge in [0.15, 0.2) is 12.6 Å². The first-order chi connectivity index (χ1) is 12.5. The van der Waals surface area contributed by atoms with Gasteiger partial charge in [-0.3, -0.25) is 9.79 Å². The zero-order valence-electron chi connectivity index (χ0n) is 15.3. The van der Waals surface area contributed by atoms with Crippen LogP contribution in [0.2, 0.25) is 0 Å². The van der Waals surface area contributed by atoms with Crippen molar-refractivity contribution in [1.29, 1.82) is 0 Å².